The van der Waals surface area contributed by atoms with Crippen LogP contribution in [0, 0.1) is 23.0 Å². The van der Waals surface area contributed by atoms with Gasteiger partial charge in [0.15, 0.2) is 0 Å². The van der Waals surface area contributed by atoms with Crippen LogP contribution in [0.25, 0.3) is 0 Å². The van der Waals surface area contributed by atoms with Crippen LogP contribution in [-0.2, 0) is 0 Å². The minimum absolute atomic E-state index is 0.0507. The molecule has 17 heavy (non-hydrogen) atoms. The third kappa shape index (κ3) is 2.29. The van der Waals surface area contributed by atoms with Gasteiger partial charge in [-0.05, 0) is 38.5 Å². The van der Waals surface area contributed by atoms with Gasteiger partial charge in [0.25, 0.3) is 0 Å². The molecule has 6 heteroatoms. The fraction of sp³-hybridized carbons (Fsp3) is 0.727. The second kappa shape index (κ2) is 4.64. The van der Waals surface area contributed by atoms with Gasteiger partial charge in [-0.1, -0.05) is 18.5 Å². The molecule has 1 aliphatic carbocycles. The third-order valence-corrected chi connectivity index (χ3v) is 3.86. The van der Waals surface area contributed by atoms with E-state index in [0.717, 1.165) is 31.6 Å². The highest BCUT2D eigenvalue weighted by Crippen LogP contribution is 2.37. The summed E-state index contributed by atoms with van der Waals surface area (Å²) in [6.07, 6.45) is 4.26. The molecule has 0 radical (unpaired) electrons. The number of nitrogens with zero attached hydrogens (tertiary/aromatic N) is 3. The third-order valence-electron chi connectivity index (χ3n) is 3.51. The number of aromatic nitrogens is 2. The highest BCUT2D eigenvalue weighted by Gasteiger charge is 2.29. The van der Waals surface area contributed by atoms with E-state index in [9.17, 15) is 10.1 Å². The molecule has 1 aliphatic rings. The lowest BCUT2D eigenvalue weighted by Gasteiger charge is -2.26. The lowest BCUT2D eigenvalue weighted by Crippen LogP contribution is -2.18. The maximum Gasteiger partial charge on any atom is 0.328 e. The Bertz CT molecular complexity index is 436. The van der Waals surface area contributed by atoms with Crippen molar-refractivity contribution < 1.29 is 4.92 Å². The lowest BCUT2D eigenvalue weighted by atomic mass is 9.87. The molecule has 0 amide bonds. The van der Waals surface area contributed by atoms with Crippen molar-refractivity contribution in [3.05, 3.63) is 21.0 Å². The van der Waals surface area contributed by atoms with Crippen LogP contribution in [0.3, 0.4) is 0 Å². The fourth-order valence-electron chi connectivity index (χ4n) is 2.45. The highest BCUT2D eigenvalue weighted by atomic mass is 35.5. The van der Waals surface area contributed by atoms with Crippen molar-refractivity contribution in [2.24, 2.45) is 5.92 Å². The Morgan fingerprint density at radius 1 is 1.41 bits per heavy atom. The molecule has 5 nitrogen and oxygen atoms in total. The SMILES string of the molecule is Cc1nn(C2CCC(C)CC2)c(Cl)c1[N+](=O)[O-]. The first-order valence-electron chi connectivity index (χ1n) is 5.89. The Balaban J connectivity index is 2.28. The molecule has 1 fully saturated rings. The molecule has 0 N–H and O–H groups in total. The van der Waals surface area contributed by atoms with E-state index in [1.807, 2.05) is 0 Å². The summed E-state index contributed by atoms with van der Waals surface area (Å²) >= 11 is 6.05. The Labute approximate surface area is 105 Å². The molecule has 1 heterocycles. The number of hydrogen-bond donors (Lipinski definition) is 0. The van der Waals surface area contributed by atoms with Crippen molar-refractivity contribution in [1.82, 2.24) is 9.78 Å². The number of halogens is 1. The first kappa shape index (κ1) is 12.4. The summed E-state index contributed by atoms with van der Waals surface area (Å²) in [6.45, 7) is 3.86. The Kier molecular flexibility index (Phi) is 3.38. The smallest absolute Gasteiger partial charge is 0.258 e. The van der Waals surface area contributed by atoms with E-state index in [2.05, 4.69) is 12.0 Å². The van der Waals surface area contributed by atoms with Gasteiger partial charge in [-0.3, -0.25) is 10.1 Å². The summed E-state index contributed by atoms with van der Waals surface area (Å²) in [6, 6.07) is 0.214. The van der Waals surface area contributed by atoms with Crippen LogP contribution >= 0.6 is 11.6 Å². The molecular weight excluding hydrogens is 242 g/mol. The first-order chi connectivity index (χ1) is 8.00. The molecule has 2 rings (SSSR count). The normalized spacial score (nSPS) is 24.9. The molecule has 0 spiro atoms. The molecule has 0 unspecified atom stereocenters. The molecule has 0 aliphatic heterocycles. The zero-order valence-electron chi connectivity index (χ0n) is 10.0. The van der Waals surface area contributed by atoms with Crippen LogP contribution in [0.4, 0.5) is 5.69 Å². The molecular formula is C11H16ClN3O2. The minimum atomic E-state index is -0.452. The second-order valence-electron chi connectivity index (χ2n) is 4.84. The second-order valence-corrected chi connectivity index (χ2v) is 5.20. The molecule has 0 aromatic carbocycles. The Hall–Kier alpha value is -1.10. The average Bonchev–Trinajstić information content (AvgIpc) is 2.55. The van der Waals surface area contributed by atoms with Crippen LogP contribution in [0.2, 0.25) is 5.15 Å². The number of nitro groups is 1. The number of aryl methyl sites for hydroxylation is 1. The van der Waals surface area contributed by atoms with Crippen molar-refractivity contribution in [2.45, 2.75) is 45.6 Å². The van der Waals surface area contributed by atoms with E-state index in [-0.39, 0.29) is 16.9 Å². The van der Waals surface area contributed by atoms with E-state index in [1.165, 1.54) is 0 Å². The van der Waals surface area contributed by atoms with Crippen molar-refractivity contribution in [2.75, 3.05) is 0 Å². The highest BCUT2D eigenvalue weighted by molar-refractivity contribution is 6.31. The summed E-state index contributed by atoms with van der Waals surface area (Å²) in [5.41, 5.74) is 0.351. The quantitative estimate of drug-likeness (QED) is 0.602. The van der Waals surface area contributed by atoms with Crippen molar-refractivity contribution in [1.29, 1.82) is 0 Å². The van der Waals surface area contributed by atoms with Gasteiger partial charge in [-0.2, -0.15) is 5.10 Å². The van der Waals surface area contributed by atoms with Crippen molar-refractivity contribution in [3.63, 3.8) is 0 Å². The van der Waals surface area contributed by atoms with Crippen LogP contribution in [0.1, 0.15) is 44.3 Å². The summed E-state index contributed by atoms with van der Waals surface area (Å²) in [5.74, 6) is 0.733. The van der Waals surface area contributed by atoms with Gasteiger partial charge in [-0.25, -0.2) is 4.68 Å². The zero-order valence-corrected chi connectivity index (χ0v) is 10.8. The summed E-state index contributed by atoms with van der Waals surface area (Å²) in [4.78, 5) is 10.4. The summed E-state index contributed by atoms with van der Waals surface area (Å²) in [5, 5.41) is 15.3. The maximum atomic E-state index is 10.9. The zero-order chi connectivity index (χ0) is 12.6. The van der Waals surface area contributed by atoms with Crippen LogP contribution < -0.4 is 0 Å². The van der Waals surface area contributed by atoms with E-state index in [0.29, 0.717) is 5.69 Å². The van der Waals surface area contributed by atoms with Gasteiger partial charge in [0.2, 0.25) is 5.15 Å². The van der Waals surface area contributed by atoms with Crippen LogP contribution in [-0.4, -0.2) is 14.7 Å². The van der Waals surface area contributed by atoms with Gasteiger partial charge in [0.05, 0.1) is 11.0 Å². The van der Waals surface area contributed by atoms with Gasteiger partial charge >= 0.3 is 5.69 Å². The van der Waals surface area contributed by atoms with Crippen LogP contribution in [0.15, 0.2) is 0 Å². The monoisotopic (exact) mass is 257 g/mol. The Morgan fingerprint density at radius 2 is 2.00 bits per heavy atom. The molecule has 94 valence electrons. The molecule has 1 aromatic rings. The summed E-state index contributed by atoms with van der Waals surface area (Å²) in [7, 11) is 0. The molecule has 1 aromatic heterocycles. The lowest BCUT2D eigenvalue weighted by molar-refractivity contribution is -0.385. The topological polar surface area (TPSA) is 61.0 Å². The fourth-order valence-corrected chi connectivity index (χ4v) is 2.83. The molecule has 0 atom stereocenters. The van der Waals surface area contributed by atoms with Crippen molar-refractivity contribution >= 4 is 17.3 Å². The summed E-state index contributed by atoms with van der Waals surface area (Å²) < 4.78 is 1.64. The number of rotatable bonds is 2. The Morgan fingerprint density at radius 3 is 2.47 bits per heavy atom. The number of hydrogen-bond acceptors (Lipinski definition) is 3. The van der Waals surface area contributed by atoms with E-state index < -0.39 is 4.92 Å². The van der Waals surface area contributed by atoms with Gasteiger partial charge in [0, 0.05) is 0 Å². The largest absolute Gasteiger partial charge is 0.328 e. The average molecular weight is 258 g/mol. The molecule has 0 saturated heterocycles. The predicted molar refractivity (Wildman–Crippen MR) is 65.3 cm³/mol. The minimum Gasteiger partial charge on any atom is -0.258 e. The van der Waals surface area contributed by atoms with E-state index in [4.69, 9.17) is 11.6 Å². The van der Waals surface area contributed by atoms with E-state index >= 15 is 0 Å². The van der Waals surface area contributed by atoms with Crippen molar-refractivity contribution in [3.8, 4) is 0 Å². The van der Waals surface area contributed by atoms with Gasteiger partial charge in [0.1, 0.15) is 5.69 Å². The molecule has 1 saturated carbocycles. The van der Waals surface area contributed by atoms with Gasteiger partial charge < -0.3 is 0 Å². The predicted octanol–water partition coefficient (Wildman–Crippen LogP) is 3.50. The standard InChI is InChI=1S/C11H16ClN3O2/c1-7-3-5-9(6-4-7)14-11(12)10(15(16)17)8(2)13-14/h7,9H,3-6H2,1-2H3. The van der Waals surface area contributed by atoms with E-state index in [1.54, 1.807) is 11.6 Å². The van der Waals surface area contributed by atoms with Gasteiger partial charge in [-0.15, -0.1) is 0 Å². The molecule has 0 bridgehead atoms. The maximum absolute atomic E-state index is 10.9. The van der Waals surface area contributed by atoms with Crippen LogP contribution in [0.5, 0.6) is 0 Å². The first-order valence-corrected chi connectivity index (χ1v) is 6.27.